The lowest BCUT2D eigenvalue weighted by Crippen LogP contribution is -2.24. The van der Waals surface area contributed by atoms with E-state index in [9.17, 15) is 0 Å². The van der Waals surface area contributed by atoms with Gasteiger partial charge in [-0.05, 0) is 45.7 Å². The number of benzene rings is 1. The smallest absolute Gasteiger partial charge is 0.0678 e. The van der Waals surface area contributed by atoms with Crippen molar-refractivity contribution in [3.63, 3.8) is 0 Å². The summed E-state index contributed by atoms with van der Waals surface area (Å²) in [7, 11) is 0. The zero-order valence-electron chi connectivity index (χ0n) is 13.2. The number of nitrogens with zero attached hydrogens (tertiary/aromatic N) is 2. The van der Waals surface area contributed by atoms with E-state index in [-0.39, 0.29) is 0 Å². The van der Waals surface area contributed by atoms with E-state index in [1.165, 1.54) is 28.1 Å². The summed E-state index contributed by atoms with van der Waals surface area (Å²) in [5.74, 6) is 0. The van der Waals surface area contributed by atoms with Gasteiger partial charge in [0.05, 0.1) is 11.9 Å². The van der Waals surface area contributed by atoms with Crippen LogP contribution in [-0.2, 0) is 6.54 Å². The Hall–Kier alpha value is -1.61. The van der Waals surface area contributed by atoms with E-state index >= 15 is 0 Å². The van der Waals surface area contributed by atoms with Crippen LogP contribution in [0.25, 0.3) is 5.69 Å². The monoisotopic (exact) mass is 271 g/mol. The number of hydrogen-bond donors (Lipinski definition) is 1. The first-order valence-corrected chi connectivity index (χ1v) is 7.37. The van der Waals surface area contributed by atoms with Gasteiger partial charge < -0.3 is 5.32 Å². The summed E-state index contributed by atoms with van der Waals surface area (Å²) >= 11 is 0. The van der Waals surface area contributed by atoms with Crippen molar-refractivity contribution >= 4 is 0 Å². The van der Waals surface area contributed by atoms with Crippen LogP contribution in [-0.4, -0.2) is 15.8 Å². The number of aryl methyl sites for hydroxylation is 2. The molecule has 3 nitrogen and oxygen atoms in total. The summed E-state index contributed by atoms with van der Waals surface area (Å²) in [4.78, 5) is 0. The minimum absolute atomic E-state index is 0.541. The molecule has 3 heteroatoms. The Labute approximate surface area is 122 Å². The van der Waals surface area contributed by atoms with Gasteiger partial charge in [-0.1, -0.05) is 24.6 Å². The lowest BCUT2D eigenvalue weighted by Gasteiger charge is -2.12. The zero-order valence-corrected chi connectivity index (χ0v) is 13.2. The summed E-state index contributed by atoms with van der Waals surface area (Å²) in [5.41, 5.74) is 6.20. The molecular formula is C17H25N3. The van der Waals surface area contributed by atoms with Gasteiger partial charge in [-0.15, -0.1) is 0 Å². The minimum Gasteiger partial charge on any atom is -0.310 e. The van der Waals surface area contributed by atoms with Crippen LogP contribution in [0.1, 0.15) is 42.7 Å². The third-order valence-electron chi connectivity index (χ3n) is 3.95. The highest BCUT2D eigenvalue weighted by Gasteiger charge is 2.10. The minimum atomic E-state index is 0.541. The Balaban J connectivity index is 2.24. The molecule has 2 rings (SSSR count). The Morgan fingerprint density at radius 1 is 1.25 bits per heavy atom. The normalized spacial score (nSPS) is 12.7. The quantitative estimate of drug-likeness (QED) is 0.899. The highest BCUT2D eigenvalue weighted by atomic mass is 15.3. The van der Waals surface area contributed by atoms with E-state index in [4.69, 9.17) is 0 Å². The van der Waals surface area contributed by atoms with Crippen LogP contribution in [0, 0.1) is 20.8 Å². The molecule has 0 radical (unpaired) electrons. The van der Waals surface area contributed by atoms with Crippen LogP contribution < -0.4 is 5.32 Å². The summed E-state index contributed by atoms with van der Waals surface area (Å²) in [6.07, 6.45) is 3.12. The molecule has 0 bridgehead atoms. The van der Waals surface area contributed by atoms with E-state index < -0.39 is 0 Å². The number of nitrogens with one attached hydrogen (secondary N) is 1. The number of hydrogen-bond acceptors (Lipinski definition) is 2. The van der Waals surface area contributed by atoms with Crippen LogP contribution >= 0.6 is 0 Å². The Morgan fingerprint density at radius 3 is 2.65 bits per heavy atom. The van der Waals surface area contributed by atoms with E-state index in [1.807, 2.05) is 10.9 Å². The summed E-state index contributed by atoms with van der Waals surface area (Å²) < 4.78 is 2.04. The maximum Gasteiger partial charge on any atom is 0.0678 e. The predicted molar refractivity (Wildman–Crippen MR) is 84.4 cm³/mol. The molecule has 1 heterocycles. The molecule has 0 amide bonds. The molecular weight excluding hydrogens is 246 g/mol. The molecule has 108 valence electrons. The van der Waals surface area contributed by atoms with Gasteiger partial charge in [0.25, 0.3) is 0 Å². The first-order valence-electron chi connectivity index (χ1n) is 7.37. The van der Waals surface area contributed by atoms with Crippen molar-refractivity contribution in [2.45, 2.75) is 53.6 Å². The SMILES string of the molecule is CCC(C)NCc1cnn(-c2ccc(C)cc2C)c1C. The fraction of sp³-hybridized carbons (Fsp3) is 0.471. The fourth-order valence-electron chi connectivity index (χ4n) is 2.33. The van der Waals surface area contributed by atoms with E-state index in [1.54, 1.807) is 0 Å². The van der Waals surface area contributed by atoms with Crippen molar-refractivity contribution < 1.29 is 0 Å². The maximum atomic E-state index is 4.56. The van der Waals surface area contributed by atoms with Crippen LogP contribution in [0.2, 0.25) is 0 Å². The Morgan fingerprint density at radius 2 is 2.00 bits per heavy atom. The zero-order chi connectivity index (χ0) is 14.7. The number of rotatable bonds is 5. The predicted octanol–water partition coefficient (Wildman–Crippen LogP) is 3.69. The molecule has 2 aromatic rings. The molecule has 20 heavy (non-hydrogen) atoms. The second kappa shape index (κ2) is 6.23. The van der Waals surface area contributed by atoms with Crippen LogP contribution in [0.4, 0.5) is 0 Å². The Bertz CT molecular complexity index is 584. The van der Waals surface area contributed by atoms with Gasteiger partial charge in [0.2, 0.25) is 0 Å². The molecule has 0 saturated carbocycles. The average molecular weight is 271 g/mol. The lowest BCUT2D eigenvalue weighted by atomic mass is 10.1. The summed E-state index contributed by atoms with van der Waals surface area (Å²) in [6.45, 7) is 11.7. The van der Waals surface area contributed by atoms with E-state index in [2.05, 4.69) is 63.2 Å². The highest BCUT2D eigenvalue weighted by molar-refractivity contribution is 5.43. The van der Waals surface area contributed by atoms with Crippen molar-refractivity contribution in [1.29, 1.82) is 0 Å². The topological polar surface area (TPSA) is 29.9 Å². The molecule has 1 aromatic carbocycles. The second-order valence-corrected chi connectivity index (χ2v) is 5.65. The van der Waals surface area contributed by atoms with Gasteiger partial charge in [0, 0.05) is 23.8 Å². The first kappa shape index (κ1) is 14.8. The summed E-state index contributed by atoms with van der Waals surface area (Å²) in [6, 6.07) is 7.03. The molecule has 0 spiro atoms. The van der Waals surface area contributed by atoms with Crippen molar-refractivity contribution in [2.24, 2.45) is 0 Å². The lowest BCUT2D eigenvalue weighted by molar-refractivity contribution is 0.533. The Kier molecular flexibility index (Phi) is 4.61. The van der Waals surface area contributed by atoms with Gasteiger partial charge in [-0.2, -0.15) is 5.10 Å². The maximum absolute atomic E-state index is 4.56. The molecule has 0 aliphatic rings. The molecule has 1 atom stereocenters. The second-order valence-electron chi connectivity index (χ2n) is 5.65. The van der Waals surface area contributed by atoms with Crippen molar-refractivity contribution in [2.75, 3.05) is 0 Å². The van der Waals surface area contributed by atoms with Gasteiger partial charge in [0.1, 0.15) is 0 Å². The average Bonchev–Trinajstić information content (AvgIpc) is 2.77. The van der Waals surface area contributed by atoms with Crippen molar-refractivity contribution in [3.05, 3.63) is 46.8 Å². The summed E-state index contributed by atoms with van der Waals surface area (Å²) in [5, 5.41) is 8.08. The molecule has 0 fully saturated rings. The van der Waals surface area contributed by atoms with Crippen LogP contribution in [0.15, 0.2) is 24.4 Å². The third kappa shape index (κ3) is 3.10. The number of aromatic nitrogens is 2. The van der Waals surface area contributed by atoms with Gasteiger partial charge in [0.15, 0.2) is 0 Å². The largest absolute Gasteiger partial charge is 0.310 e. The highest BCUT2D eigenvalue weighted by Crippen LogP contribution is 2.19. The van der Waals surface area contributed by atoms with Crippen LogP contribution in [0.3, 0.4) is 0 Å². The third-order valence-corrected chi connectivity index (χ3v) is 3.95. The van der Waals surface area contributed by atoms with Gasteiger partial charge in [-0.25, -0.2) is 4.68 Å². The van der Waals surface area contributed by atoms with Crippen molar-refractivity contribution in [1.82, 2.24) is 15.1 Å². The first-order chi connectivity index (χ1) is 9.52. The standard InChI is InChI=1S/C17H25N3/c1-6-14(4)18-10-16-11-19-20(15(16)5)17-8-7-12(2)9-13(17)3/h7-9,11,14,18H,6,10H2,1-5H3. The molecule has 1 aromatic heterocycles. The van der Waals surface area contributed by atoms with Gasteiger partial charge >= 0.3 is 0 Å². The van der Waals surface area contributed by atoms with Gasteiger partial charge in [-0.3, -0.25) is 0 Å². The molecule has 1 N–H and O–H groups in total. The van der Waals surface area contributed by atoms with Crippen LogP contribution in [0.5, 0.6) is 0 Å². The molecule has 1 unspecified atom stereocenters. The molecule has 0 aliphatic carbocycles. The molecule has 0 saturated heterocycles. The van der Waals surface area contributed by atoms with Crippen molar-refractivity contribution in [3.8, 4) is 5.69 Å². The molecule has 0 aliphatic heterocycles. The fourth-order valence-corrected chi connectivity index (χ4v) is 2.33. The van der Waals surface area contributed by atoms with E-state index in [0.717, 1.165) is 13.0 Å². The van der Waals surface area contributed by atoms with E-state index in [0.29, 0.717) is 6.04 Å².